The van der Waals surface area contributed by atoms with Crippen LogP contribution in [0.15, 0.2) is 47.4 Å². The number of carbonyl (C=O) groups is 1. The Morgan fingerprint density at radius 1 is 1.12 bits per heavy atom. The highest BCUT2D eigenvalue weighted by atomic mass is 32.2. The minimum absolute atomic E-state index is 0.212. The highest BCUT2D eigenvalue weighted by molar-refractivity contribution is 7.91. The Balaban J connectivity index is 2.10. The lowest BCUT2D eigenvalue weighted by molar-refractivity contribution is -0.118. The van der Waals surface area contributed by atoms with Gasteiger partial charge in [0.05, 0.1) is 10.6 Å². The number of para-hydroxylation sites is 1. The molecule has 2 aromatic carbocycles. The SMILES string of the molecule is Cc1ccc(OCC(=O)Nc2ccccc2S(=O)(=O)C(F)F)cc1C. The van der Waals surface area contributed by atoms with Gasteiger partial charge in [-0.2, -0.15) is 8.78 Å². The third kappa shape index (κ3) is 4.54. The average Bonchev–Trinajstić information content (AvgIpc) is 2.56. The summed E-state index contributed by atoms with van der Waals surface area (Å²) in [4.78, 5) is 11.3. The molecule has 0 aliphatic rings. The van der Waals surface area contributed by atoms with E-state index in [1.54, 1.807) is 12.1 Å². The van der Waals surface area contributed by atoms with Crippen LogP contribution in [0.2, 0.25) is 0 Å². The van der Waals surface area contributed by atoms with Gasteiger partial charge in [0.2, 0.25) is 9.84 Å². The van der Waals surface area contributed by atoms with Gasteiger partial charge in [0.1, 0.15) is 5.75 Å². The Labute approximate surface area is 144 Å². The molecule has 0 aliphatic heterocycles. The van der Waals surface area contributed by atoms with Crippen molar-refractivity contribution in [1.82, 2.24) is 0 Å². The molecule has 134 valence electrons. The first-order valence-corrected chi connectivity index (χ1v) is 8.87. The first kappa shape index (κ1) is 18.9. The summed E-state index contributed by atoms with van der Waals surface area (Å²) in [5, 5.41) is 2.29. The Kier molecular flexibility index (Phi) is 5.73. The lowest BCUT2D eigenvalue weighted by Crippen LogP contribution is -2.22. The van der Waals surface area contributed by atoms with Crippen molar-refractivity contribution in [2.24, 2.45) is 0 Å². The smallest absolute Gasteiger partial charge is 0.341 e. The molecule has 2 rings (SSSR count). The van der Waals surface area contributed by atoms with Crippen LogP contribution in [0, 0.1) is 13.8 Å². The quantitative estimate of drug-likeness (QED) is 0.848. The van der Waals surface area contributed by atoms with Gasteiger partial charge in [-0.15, -0.1) is 0 Å². The fourth-order valence-corrected chi connectivity index (χ4v) is 2.94. The highest BCUT2D eigenvalue weighted by Gasteiger charge is 2.29. The molecule has 0 aliphatic carbocycles. The monoisotopic (exact) mass is 369 g/mol. The maximum Gasteiger partial charge on any atom is 0.341 e. The zero-order chi connectivity index (χ0) is 18.6. The predicted molar refractivity (Wildman–Crippen MR) is 89.7 cm³/mol. The number of nitrogens with one attached hydrogen (secondary N) is 1. The number of carbonyl (C=O) groups excluding carboxylic acids is 1. The van der Waals surface area contributed by atoms with E-state index in [0.29, 0.717) is 5.75 Å². The summed E-state index contributed by atoms with van der Waals surface area (Å²) in [5.41, 5.74) is 1.85. The van der Waals surface area contributed by atoms with Crippen LogP contribution < -0.4 is 10.1 Å². The van der Waals surface area contributed by atoms with Gasteiger partial charge in [0.15, 0.2) is 6.61 Å². The van der Waals surface area contributed by atoms with Crippen molar-refractivity contribution in [3.05, 3.63) is 53.6 Å². The summed E-state index contributed by atoms with van der Waals surface area (Å²) >= 11 is 0. The standard InChI is InChI=1S/C17H17F2NO4S/c1-11-7-8-13(9-12(11)2)24-10-16(21)20-14-5-3-4-6-15(14)25(22,23)17(18)19/h3-9,17H,10H2,1-2H3,(H,20,21). The second-order valence-corrected chi connectivity index (χ2v) is 7.27. The summed E-state index contributed by atoms with van der Waals surface area (Å²) in [6.45, 7) is 3.45. The average molecular weight is 369 g/mol. The minimum atomic E-state index is -4.82. The van der Waals surface area contributed by atoms with Gasteiger partial charge in [-0.3, -0.25) is 4.79 Å². The highest BCUT2D eigenvalue weighted by Crippen LogP contribution is 2.26. The van der Waals surface area contributed by atoms with E-state index in [-0.39, 0.29) is 12.3 Å². The Hall–Kier alpha value is -2.48. The predicted octanol–water partition coefficient (Wildman–Crippen LogP) is 3.32. The third-order valence-electron chi connectivity index (χ3n) is 3.55. The molecule has 0 saturated carbocycles. The number of rotatable bonds is 6. The number of halogens is 2. The zero-order valence-corrected chi connectivity index (χ0v) is 14.4. The van der Waals surface area contributed by atoms with Crippen molar-refractivity contribution in [1.29, 1.82) is 0 Å². The molecular weight excluding hydrogens is 352 g/mol. The van der Waals surface area contributed by atoms with Crippen LogP contribution in [-0.4, -0.2) is 26.7 Å². The molecule has 0 fully saturated rings. The van der Waals surface area contributed by atoms with Crippen LogP contribution in [0.1, 0.15) is 11.1 Å². The van der Waals surface area contributed by atoms with Crippen LogP contribution in [0.25, 0.3) is 0 Å². The van der Waals surface area contributed by atoms with Gasteiger partial charge < -0.3 is 10.1 Å². The lowest BCUT2D eigenvalue weighted by Gasteiger charge is -2.12. The van der Waals surface area contributed by atoms with Gasteiger partial charge in [0, 0.05) is 0 Å². The number of hydrogen-bond donors (Lipinski definition) is 1. The number of amides is 1. The summed E-state index contributed by atoms with van der Waals surface area (Å²) in [6, 6.07) is 10.3. The summed E-state index contributed by atoms with van der Waals surface area (Å²) in [6.07, 6.45) is 0. The molecule has 1 N–H and O–H groups in total. The van der Waals surface area contributed by atoms with Gasteiger partial charge >= 0.3 is 5.76 Å². The zero-order valence-electron chi connectivity index (χ0n) is 13.6. The maximum atomic E-state index is 12.7. The minimum Gasteiger partial charge on any atom is -0.484 e. The Morgan fingerprint density at radius 2 is 1.80 bits per heavy atom. The van der Waals surface area contributed by atoms with Crippen molar-refractivity contribution >= 4 is 21.4 Å². The molecule has 0 atom stereocenters. The summed E-state index contributed by atoms with van der Waals surface area (Å²) < 4.78 is 54.1. The topological polar surface area (TPSA) is 72.5 Å². The van der Waals surface area contributed by atoms with Crippen LogP contribution in [0.4, 0.5) is 14.5 Å². The normalized spacial score (nSPS) is 11.4. The van der Waals surface area contributed by atoms with Crippen molar-refractivity contribution in [2.75, 3.05) is 11.9 Å². The molecule has 25 heavy (non-hydrogen) atoms. The van der Waals surface area contributed by atoms with Crippen molar-refractivity contribution in [3.63, 3.8) is 0 Å². The fraction of sp³-hybridized carbons (Fsp3) is 0.235. The number of hydrogen-bond acceptors (Lipinski definition) is 4. The molecule has 2 aromatic rings. The molecule has 0 aromatic heterocycles. The molecule has 0 radical (unpaired) electrons. The van der Waals surface area contributed by atoms with Crippen molar-refractivity contribution in [3.8, 4) is 5.75 Å². The van der Waals surface area contributed by atoms with Gasteiger partial charge in [-0.05, 0) is 49.2 Å². The second-order valence-electron chi connectivity index (χ2n) is 5.38. The number of aryl methyl sites for hydroxylation is 2. The van der Waals surface area contributed by atoms with Crippen LogP contribution in [-0.2, 0) is 14.6 Å². The molecule has 0 unspecified atom stereocenters. The second kappa shape index (κ2) is 7.60. The van der Waals surface area contributed by atoms with Gasteiger partial charge in [0.25, 0.3) is 5.91 Å². The molecule has 5 nitrogen and oxygen atoms in total. The third-order valence-corrected chi connectivity index (χ3v) is 4.99. The van der Waals surface area contributed by atoms with E-state index in [0.717, 1.165) is 17.2 Å². The molecule has 0 spiro atoms. The number of anilines is 1. The van der Waals surface area contributed by atoms with E-state index < -0.39 is 26.4 Å². The first-order valence-electron chi connectivity index (χ1n) is 7.33. The molecule has 0 heterocycles. The number of ether oxygens (including phenoxy) is 1. The van der Waals surface area contributed by atoms with E-state index in [4.69, 9.17) is 4.74 Å². The van der Waals surface area contributed by atoms with Crippen LogP contribution in [0.3, 0.4) is 0 Å². The Morgan fingerprint density at radius 3 is 2.44 bits per heavy atom. The fourth-order valence-electron chi connectivity index (χ4n) is 2.05. The largest absolute Gasteiger partial charge is 0.484 e. The maximum absolute atomic E-state index is 12.7. The molecule has 8 heteroatoms. The van der Waals surface area contributed by atoms with E-state index in [1.165, 1.54) is 18.2 Å². The molecule has 0 saturated heterocycles. The number of benzene rings is 2. The summed E-state index contributed by atoms with van der Waals surface area (Å²) in [7, 11) is -4.82. The number of alkyl halides is 2. The molecule has 1 amide bonds. The van der Waals surface area contributed by atoms with E-state index in [1.807, 2.05) is 19.9 Å². The van der Waals surface area contributed by atoms with Gasteiger partial charge in [-0.25, -0.2) is 8.42 Å². The lowest BCUT2D eigenvalue weighted by atomic mass is 10.1. The van der Waals surface area contributed by atoms with Gasteiger partial charge in [-0.1, -0.05) is 18.2 Å². The van der Waals surface area contributed by atoms with E-state index in [9.17, 15) is 22.0 Å². The van der Waals surface area contributed by atoms with Crippen LogP contribution in [0.5, 0.6) is 5.75 Å². The van der Waals surface area contributed by atoms with E-state index in [2.05, 4.69) is 5.32 Å². The Bertz CT molecular complexity index is 882. The van der Waals surface area contributed by atoms with Crippen molar-refractivity contribution in [2.45, 2.75) is 24.5 Å². The first-order chi connectivity index (χ1) is 11.7. The van der Waals surface area contributed by atoms with E-state index >= 15 is 0 Å². The molecule has 0 bridgehead atoms. The summed E-state index contributed by atoms with van der Waals surface area (Å²) in [5.74, 6) is -3.75. The van der Waals surface area contributed by atoms with Crippen LogP contribution >= 0.6 is 0 Å². The van der Waals surface area contributed by atoms with Crippen molar-refractivity contribution < 1.29 is 26.7 Å². The number of sulfone groups is 1. The molecular formula is C17H17F2NO4S.